The Bertz CT molecular complexity index is 358. The first-order valence-electron chi connectivity index (χ1n) is 4.94. The highest BCUT2D eigenvalue weighted by molar-refractivity contribution is 14.1. The number of carbonyl (C=O) groups is 1. The van der Waals surface area contributed by atoms with Gasteiger partial charge < -0.3 is 4.74 Å². The number of esters is 1. The van der Waals surface area contributed by atoms with Crippen LogP contribution in [0.1, 0.15) is 37.6 Å². The van der Waals surface area contributed by atoms with E-state index in [0.29, 0.717) is 5.56 Å². The Labute approximate surface area is 104 Å². The van der Waals surface area contributed by atoms with Crippen molar-refractivity contribution in [2.24, 2.45) is 0 Å². The van der Waals surface area contributed by atoms with Crippen LogP contribution < -0.4 is 0 Å². The minimum Gasteiger partial charge on any atom is -0.456 e. The molecule has 0 radical (unpaired) electrons. The van der Waals surface area contributed by atoms with E-state index in [0.717, 1.165) is 9.99 Å². The highest BCUT2D eigenvalue weighted by Crippen LogP contribution is 2.19. The fourth-order valence-electron chi connectivity index (χ4n) is 1.00. The van der Waals surface area contributed by atoms with Crippen molar-refractivity contribution in [1.29, 1.82) is 0 Å². The summed E-state index contributed by atoms with van der Waals surface area (Å²) in [5, 5.41) is 0. The Morgan fingerprint density at radius 2 is 2.00 bits per heavy atom. The lowest BCUT2D eigenvalue weighted by atomic mass is 10.1. The monoisotopic (exact) mass is 318 g/mol. The molecule has 2 nitrogen and oxygen atoms in total. The summed E-state index contributed by atoms with van der Waals surface area (Å²) in [7, 11) is 0. The summed E-state index contributed by atoms with van der Waals surface area (Å²) in [4.78, 5) is 11.8. The van der Waals surface area contributed by atoms with Crippen LogP contribution in [0.5, 0.6) is 0 Å². The lowest BCUT2D eigenvalue weighted by Crippen LogP contribution is -2.27. The smallest absolute Gasteiger partial charge is 0.339 e. The molecule has 0 fully saturated rings. The summed E-state index contributed by atoms with van der Waals surface area (Å²) in [6, 6.07) is 7.44. The van der Waals surface area contributed by atoms with E-state index in [4.69, 9.17) is 4.74 Å². The van der Waals surface area contributed by atoms with Gasteiger partial charge in [-0.25, -0.2) is 4.79 Å². The fourth-order valence-corrected chi connectivity index (χ4v) is 1.61. The molecule has 0 aliphatic heterocycles. The van der Waals surface area contributed by atoms with Gasteiger partial charge in [-0.05, 0) is 55.0 Å². The van der Waals surface area contributed by atoms with Gasteiger partial charge in [-0.15, -0.1) is 0 Å². The molecule has 0 aliphatic rings. The molecule has 0 bridgehead atoms. The van der Waals surface area contributed by atoms with Crippen LogP contribution in [0, 0.1) is 3.57 Å². The molecule has 0 amide bonds. The van der Waals surface area contributed by atoms with Crippen LogP contribution in [0.3, 0.4) is 0 Å². The molecule has 0 aliphatic carbocycles. The number of hydrogen-bond donors (Lipinski definition) is 0. The topological polar surface area (TPSA) is 26.3 Å². The third kappa shape index (κ3) is 3.48. The van der Waals surface area contributed by atoms with Crippen LogP contribution in [0.2, 0.25) is 0 Å². The van der Waals surface area contributed by atoms with E-state index in [1.165, 1.54) is 0 Å². The zero-order chi connectivity index (χ0) is 11.5. The Morgan fingerprint density at radius 1 is 1.40 bits per heavy atom. The molecule has 0 N–H and O–H groups in total. The maximum absolute atomic E-state index is 11.8. The second-order valence-electron chi connectivity index (χ2n) is 3.98. The van der Waals surface area contributed by atoms with Crippen molar-refractivity contribution in [2.45, 2.75) is 32.8 Å². The molecule has 1 aromatic carbocycles. The predicted octanol–water partition coefficient (Wildman–Crippen LogP) is 3.64. The summed E-state index contributed by atoms with van der Waals surface area (Å²) < 4.78 is 6.33. The first kappa shape index (κ1) is 12.5. The van der Waals surface area contributed by atoms with Crippen molar-refractivity contribution in [3.05, 3.63) is 33.4 Å². The molecule has 1 rings (SSSR count). The zero-order valence-corrected chi connectivity index (χ0v) is 11.4. The van der Waals surface area contributed by atoms with Gasteiger partial charge in [0, 0.05) is 3.57 Å². The molecular weight excluding hydrogens is 303 g/mol. The summed E-state index contributed by atoms with van der Waals surface area (Å²) >= 11 is 2.14. The quantitative estimate of drug-likeness (QED) is 0.628. The summed E-state index contributed by atoms with van der Waals surface area (Å²) in [5.74, 6) is -0.244. The van der Waals surface area contributed by atoms with Gasteiger partial charge in [0.25, 0.3) is 0 Å². The molecule has 82 valence electrons. The van der Waals surface area contributed by atoms with Crippen molar-refractivity contribution in [1.82, 2.24) is 0 Å². The maximum atomic E-state index is 11.8. The average Bonchev–Trinajstić information content (AvgIpc) is 2.17. The normalized spacial score (nSPS) is 11.2. The number of carbonyl (C=O) groups excluding carboxylic acids is 1. The first-order chi connectivity index (χ1) is 6.96. The van der Waals surface area contributed by atoms with Gasteiger partial charge in [0.15, 0.2) is 0 Å². The highest BCUT2D eigenvalue weighted by atomic mass is 127. The van der Waals surface area contributed by atoms with E-state index >= 15 is 0 Å². The standard InChI is InChI=1S/C12H15IO2/c1-4-12(2,3)15-11(14)9-7-5-6-8-10(9)13/h5-8H,4H2,1-3H3. The van der Waals surface area contributed by atoms with Crippen LogP contribution in [0.25, 0.3) is 0 Å². The predicted molar refractivity (Wildman–Crippen MR) is 68.9 cm³/mol. The second kappa shape index (κ2) is 4.96. The number of hydrogen-bond acceptors (Lipinski definition) is 2. The molecule has 3 heteroatoms. The van der Waals surface area contributed by atoms with Gasteiger partial charge in [-0.3, -0.25) is 0 Å². The van der Waals surface area contributed by atoms with E-state index in [9.17, 15) is 4.79 Å². The molecule has 0 saturated heterocycles. The maximum Gasteiger partial charge on any atom is 0.339 e. The fraction of sp³-hybridized carbons (Fsp3) is 0.417. The van der Waals surface area contributed by atoms with Crippen molar-refractivity contribution in [3.63, 3.8) is 0 Å². The zero-order valence-electron chi connectivity index (χ0n) is 9.21. The third-order valence-electron chi connectivity index (χ3n) is 2.31. The van der Waals surface area contributed by atoms with Gasteiger partial charge in [-0.1, -0.05) is 19.1 Å². The van der Waals surface area contributed by atoms with Crippen LogP contribution in [-0.2, 0) is 4.74 Å². The number of benzene rings is 1. The minimum absolute atomic E-state index is 0.244. The molecule has 0 spiro atoms. The molecule has 0 atom stereocenters. The van der Waals surface area contributed by atoms with Crippen molar-refractivity contribution in [3.8, 4) is 0 Å². The first-order valence-corrected chi connectivity index (χ1v) is 6.02. The summed E-state index contributed by atoms with van der Waals surface area (Å²) in [5.41, 5.74) is 0.246. The number of halogens is 1. The minimum atomic E-state index is -0.393. The Morgan fingerprint density at radius 3 is 2.53 bits per heavy atom. The van der Waals surface area contributed by atoms with Crippen molar-refractivity contribution >= 4 is 28.6 Å². The van der Waals surface area contributed by atoms with E-state index in [-0.39, 0.29) is 5.97 Å². The van der Waals surface area contributed by atoms with Crippen LogP contribution in [-0.4, -0.2) is 11.6 Å². The molecule has 0 unspecified atom stereocenters. The second-order valence-corrected chi connectivity index (χ2v) is 5.14. The van der Waals surface area contributed by atoms with Crippen LogP contribution >= 0.6 is 22.6 Å². The van der Waals surface area contributed by atoms with E-state index in [2.05, 4.69) is 22.6 Å². The number of ether oxygens (including phenoxy) is 1. The lowest BCUT2D eigenvalue weighted by Gasteiger charge is -2.23. The Kier molecular flexibility index (Phi) is 4.13. The molecule has 15 heavy (non-hydrogen) atoms. The van der Waals surface area contributed by atoms with Gasteiger partial charge in [0.05, 0.1) is 5.56 Å². The van der Waals surface area contributed by atoms with Gasteiger partial charge in [0.1, 0.15) is 5.60 Å². The van der Waals surface area contributed by atoms with Gasteiger partial charge in [0.2, 0.25) is 0 Å². The van der Waals surface area contributed by atoms with Crippen LogP contribution in [0.15, 0.2) is 24.3 Å². The molecule has 0 heterocycles. The van der Waals surface area contributed by atoms with Gasteiger partial charge in [-0.2, -0.15) is 0 Å². The molecule has 0 saturated carbocycles. The highest BCUT2D eigenvalue weighted by Gasteiger charge is 2.22. The van der Waals surface area contributed by atoms with Crippen molar-refractivity contribution in [2.75, 3.05) is 0 Å². The average molecular weight is 318 g/mol. The molecular formula is C12H15IO2. The lowest BCUT2D eigenvalue weighted by molar-refractivity contribution is -0.00254. The van der Waals surface area contributed by atoms with Crippen LogP contribution in [0.4, 0.5) is 0 Å². The summed E-state index contributed by atoms with van der Waals surface area (Å²) in [6.07, 6.45) is 0.808. The summed E-state index contributed by atoms with van der Waals surface area (Å²) in [6.45, 7) is 5.84. The Balaban J connectivity index is 2.83. The largest absolute Gasteiger partial charge is 0.456 e. The molecule has 0 aromatic heterocycles. The SMILES string of the molecule is CCC(C)(C)OC(=O)c1ccccc1I. The van der Waals surface area contributed by atoms with Crippen molar-refractivity contribution < 1.29 is 9.53 Å². The number of rotatable bonds is 3. The van der Waals surface area contributed by atoms with E-state index in [1.54, 1.807) is 6.07 Å². The molecule has 1 aromatic rings. The Hall–Kier alpha value is -0.580. The third-order valence-corrected chi connectivity index (χ3v) is 3.25. The van der Waals surface area contributed by atoms with E-state index in [1.807, 2.05) is 39.0 Å². The van der Waals surface area contributed by atoms with Gasteiger partial charge >= 0.3 is 5.97 Å². The van der Waals surface area contributed by atoms with E-state index < -0.39 is 5.60 Å².